The Morgan fingerprint density at radius 1 is 1.17 bits per heavy atom. The van der Waals surface area contributed by atoms with Gasteiger partial charge < -0.3 is 19.9 Å². The normalized spacial score (nSPS) is 20.3. The number of nitrogens with zero attached hydrogens (tertiary/aromatic N) is 2. The molecule has 2 unspecified atom stereocenters. The first-order valence-electron chi connectivity index (χ1n) is 10.3. The fraction of sp³-hybridized carbons (Fsp3) is 0.391. The van der Waals surface area contributed by atoms with Crippen LogP contribution < -0.4 is 10.2 Å². The zero-order valence-corrected chi connectivity index (χ0v) is 17.8. The molecule has 30 heavy (non-hydrogen) atoms. The van der Waals surface area contributed by atoms with Crippen LogP contribution in [0.4, 0.5) is 11.4 Å². The van der Waals surface area contributed by atoms with Crippen LogP contribution in [0.15, 0.2) is 48.5 Å². The lowest BCUT2D eigenvalue weighted by atomic mass is 10.1. The lowest BCUT2D eigenvalue weighted by Gasteiger charge is -2.31. The van der Waals surface area contributed by atoms with Gasteiger partial charge in [-0.25, -0.2) is 0 Å². The van der Waals surface area contributed by atoms with Gasteiger partial charge in [0.25, 0.3) is 0 Å². The highest BCUT2D eigenvalue weighted by Crippen LogP contribution is 2.32. The molecule has 2 aromatic carbocycles. The molecule has 2 amide bonds. The van der Waals surface area contributed by atoms with Crippen LogP contribution in [0.2, 0.25) is 5.02 Å². The van der Waals surface area contributed by atoms with Gasteiger partial charge >= 0.3 is 0 Å². The Morgan fingerprint density at radius 2 is 1.90 bits per heavy atom. The summed E-state index contributed by atoms with van der Waals surface area (Å²) in [6.07, 6.45) is 0.219. The molecule has 2 fully saturated rings. The van der Waals surface area contributed by atoms with Gasteiger partial charge in [-0.15, -0.1) is 0 Å². The number of amides is 2. The van der Waals surface area contributed by atoms with E-state index in [1.807, 2.05) is 49.4 Å². The van der Waals surface area contributed by atoms with Crippen molar-refractivity contribution in [2.45, 2.75) is 19.4 Å². The number of hydrogen-bond donors (Lipinski definition) is 1. The van der Waals surface area contributed by atoms with E-state index in [4.69, 9.17) is 16.3 Å². The van der Waals surface area contributed by atoms with Crippen molar-refractivity contribution < 1.29 is 14.3 Å². The van der Waals surface area contributed by atoms with E-state index in [2.05, 4.69) is 10.2 Å². The Hall–Kier alpha value is -2.57. The molecule has 6 nitrogen and oxygen atoms in total. The zero-order valence-electron chi connectivity index (χ0n) is 17.0. The van der Waals surface area contributed by atoms with E-state index in [-0.39, 0.29) is 30.2 Å². The number of likely N-dealkylation sites (tertiary alicyclic amines) is 1. The maximum Gasteiger partial charge on any atom is 0.229 e. The van der Waals surface area contributed by atoms with Gasteiger partial charge in [-0.2, -0.15) is 0 Å². The summed E-state index contributed by atoms with van der Waals surface area (Å²) in [7, 11) is 0. The van der Waals surface area contributed by atoms with Crippen LogP contribution in [-0.2, 0) is 14.3 Å². The monoisotopic (exact) mass is 427 g/mol. The molecule has 2 aliphatic rings. The maximum atomic E-state index is 13.0. The number of ether oxygens (including phenoxy) is 1. The van der Waals surface area contributed by atoms with Crippen LogP contribution in [0.5, 0.6) is 0 Å². The number of halogens is 1. The Labute approximate surface area is 181 Å². The summed E-state index contributed by atoms with van der Waals surface area (Å²) < 4.78 is 5.43. The molecule has 0 aliphatic carbocycles. The molecule has 0 spiro atoms. The van der Waals surface area contributed by atoms with E-state index in [9.17, 15) is 9.59 Å². The number of carbonyl (C=O) groups is 2. The topological polar surface area (TPSA) is 61.9 Å². The number of rotatable bonds is 5. The van der Waals surface area contributed by atoms with Gasteiger partial charge in [0.1, 0.15) is 0 Å². The third-order valence-corrected chi connectivity index (χ3v) is 6.08. The zero-order chi connectivity index (χ0) is 21.1. The van der Waals surface area contributed by atoms with E-state index in [0.29, 0.717) is 30.5 Å². The van der Waals surface area contributed by atoms with Crippen LogP contribution >= 0.6 is 11.6 Å². The second-order valence-electron chi connectivity index (χ2n) is 7.78. The smallest absolute Gasteiger partial charge is 0.229 e. The Morgan fingerprint density at radius 3 is 2.63 bits per heavy atom. The summed E-state index contributed by atoms with van der Waals surface area (Å²) in [6.45, 7) is 5.23. The Bertz CT molecular complexity index is 915. The number of nitrogens with one attached hydrogen (secondary N) is 1. The summed E-state index contributed by atoms with van der Waals surface area (Å²) in [4.78, 5) is 29.6. The molecule has 2 heterocycles. The quantitative estimate of drug-likeness (QED) is 0.789. The summed E-state index contributed by atoms with van der Waals surface area (Å²) in [5.74, 6) is -0.533. The van der Waals surface area contributed by atoms with Crippen molar-refractivity contribution in [2.75, 3.05) is 43.1 Å². The second kappa shape index (κ2) is 9.06. The third-order valence-electron chi connectivity index (χ3n) is 5.85. The molecule has 0 saturated carbocycles. The van der Waals surface area contributed by atoms with Gasteiger partial charge in [0.05, 0.1) is 36.5 Å². The number of hydrogen-bond acceptors (Lipinski definition) is 4. The molecule has 2 saturated heterocycles. The number of benzene rings is 2. The van der Waals surface area contributed by atoms with E-state index >= 15 is 0 Å². The third kappa shape index (κ3) is 4.45. The summed E-state index contributed by atoms with van der Waals surface area (Å²) in [5.41, 5.74) is 2.67. The van der Waals surface area contributed by atoms with Crippen LogP contribution in [-0.4, -0.2) is 49.6 Å². The van der Waals surface area contributed by atoms with Crippen molar-refractivity contribution in [1.29, 1.82) is 0 Å². The van der Waals surface area contributed by atoms with E-state index in [1.54, 1.807) is 11.0 Å². The largest absolute Gasteiger partial charge is 0.378 e. The molecule has 158 valence electrons. The van der Waals surface area contributed by atoms with Crippen LogP contribution in [0.1, 0.15) is 24.9 Å². The van der Waals surface area contributed by atoms with E-state index < -0.39 is 0 Å². The highest BCUT2D eigenvalue weighted by molar-refractivity contribution is 6.31. The predicted molar refractivity (Wildman–Crippen MR) is 118 cm³/mol. The summed E-state index contributed by atoms with van der Waals surface area (Å²) >= 11 is 6.20. The standard InChI is InChI=1S/C23H26ClN3O3/c1-16(17-5-3-2-4-6-17)27-15-18(13-22(27)28)23(29)25-20-14-19(24)7-8-21(20)26-9-11-30-12-10-26/h2-8,14,16,18H,9-13,15H2,1H3,(H,25,29). The first-order chi connectivity index (χ1) is 14.5. The highest BCUT2D eigenvalue weighted by atomic mass is 35.5. The second-order valence-corrected chi connectivity index (χ2v) is 8.22. The van der Waals surface area contributed by atoms with Crippen molar-refractivity contribution in [3.8, 4) is 0 Å². The molecule has 4 rings (SSSR count). The van der Waals surface area contributed by atoms with Gasteiger partial charge in [0.2, 0.25) is 11.8 Å². The van der Waals surface area contributed by atoms with Gasteiger partial charge in [0, 0.05) is 31.1 Å². The highest BCUT2D eigenvalue weighted by Gasteiger charge is 2.37. The molecule has 2 aliphatic heterocycles. The Kier molecular flexibility index (Phi) is 6.25. The van der Waals surface area contributed by atoms with Gasteiger partial charge in [-0.3, -0.25) is 9.59 Å². The molecule has 0 aromatic heterocycles. The number of anilines is 2. The van der Waals surface area contributed by atoms with Crippen LogP contribution in [0.25, 0.3) is 0 Å². The first-order valence-corrected chi connectivity index (χ1v) is 10.7. The van der Waals surface area contributed by atoms with Gasteiger partial charge in [-0.1, -0.05) is 41.9 Å². The predicted octanol–water partition coefficient (Wildman–Crippen LogP) is 3.72. The Balaban J connectivity index is 1.47. The minimum absolute atomic E-state index is 0.00556. The van der Waals surface area contributed by atoms with E-state index in [0.717, 1.165) is 24.3 Å². The van der Waals surface area contributed by atoms with E-state index in [1.165, 1.54) is 0 Å². The summed E-state index contributed by atoms with van der Waals surface area (Å²) in [6, 6.07) is 15.3. The molecule has 2 atom stereocenters. The number of morpholine rings is 1. The van der Waals surface area contributed by atoms with Crippen molar-refractivity contribution >= 4 is 34.8 Å². The fourth-order valence-electron chi connectivity index (χ4n) is 4.12. The molecule has 1 N–H and O–H groups in total. The average molecular weight is 428 g/mol. The average Bonchev–Trinajstić information content (AvgIpc) is 3.16. The molecule has 0 bridgehead atoms. The molecular weight excluding hydrogens is 402 g/mol. The first kappa shape index (κ1) is 20.7. The minimum Gasteiger partial charge on any atom is -0.378 e. The SMILES string of the molecule is CC(c1ccccc1)N1CC(C(=O)Nc2cc(Cl)ccc2N2CCOCC2)CC1=O. The van der Waals surface area contributed by atoms with Crippen molar-refractivity contribution in [3.05, 3.63) is 59.1 Å². The van der Waals surface area contributed by atoms with Gasteiger partial charge in [-0.05, 0) is 30.7 Å². The fourth-order valence-corrected chi connectivity index (χ4v) is 4.29. The van der Waals surface area contributed by atoms with Crippen molar-refractivity contribution in [3.63, 3.8) is 0 Å². The van der Waals surface area contributed by atoms with Crippen LogP contribution in [0, 0.1) is 5.92 Å². The molecule has 0 radical (unpaired) electrons. The molecule has 7 heteroatoms. The lowest BCUT2D eigenvalue weighted by Crippen LogP contribution is -2.37. The van der Waals surface area contributed by atoms with Crippen molar-refractivity contribution in [1.82, 2.24) is 4.90 Å². The molecule has 2 aromatic rings. The van der Waals surface area contributed by atoms with Gasteiger partial charge in [0.15, 0.2) is 0 Å². The minimum atomic E-state index is -0.389. The number of carbonyl (C=O) groups excluding carboxylic acids is 2. The van der Waals surface area contributed by atoms with Crippen molar-refractivity contribution in [2.24, 2.45) is 5.92 Å². The summed E-state index contributed by atoms with van der Waals surface area (Å²) in [5, 5.41) is 3.59. The van der Waals surface area contributed by atoms with Crippen LogP contribution in [0.3, 0.4) is 0 Å². The maximum absolute atomic E-state index is 13.0. The molecular formula is C23H26ClN3O3. The lowest BCUT2D eigenvalue weighted by molar-refractivity contribution is -0.129.